The summed E-state index contributed by atoms with van der Waals surface area (Å²) in [5.74, 6) is 8.26. The van der Waals surface area contributed by atoms with Crippen molar-refractivity contribution in [1.82, 2.24) is 0 Å². The minimum Gasteiger partial charge on any atom is -0.497 e. The summed E-state index contributed by atoms with van der Waals surface area (Å²) in [5, 5.41) is 0. The van der Waals surface area contributed by atoms with E-state index in [1.54, 1.807) is 64.0 Å². The number of hydrogen-bond acceptors (Lipinski definition) is 9. The second-order valence-corrected chi connectivity index (χ2v) is 26.6. The number of hydrogen-bond donors (Lipinski definition) is 0. The fourth-order valence-electron chi connectivity index (χ4n) is 10.8. The molecule has 0 aliphatic rings. The molecule has 614 valence electrons. The molecule has 9 nitrogen and oxygen atoms in total. The molecule has 0 saturated carbocycles. The largest absolute Gasteiger partial charge is 0.497 e. The molecule has 12 aromatic carbocycles. The zero-order chi connectivity index (χ0) is 85.8. The molecular formula is C106H136O9. The Labute approximate surface area is 695 Å². The molecule has 0 amide bonds. The Morgan fingerprint density at radius 2 is 0.539 bits per heavy atom. The molecule has 0 N–H and O–H groups in total. The van der Waals surface area contributed by atoms with Crippen LogP contribution >= 0.6 is 0 Å². The van der Waals surface area contributed by atoms with Crippen LogP contribution < -0.4 is 42.6 Å². The van der Waals surface area contributed by atoms with E-state index in [0.29, 0.717) is 0 Å². The summed E-state index contributed by atoms with van der Waals surface area (Å²) in [5.41, 5.74) is 17.9. The first-order chi connectivity index (χ1) is 55.5. The fourth-order valence-corrected chi connectivity index (χ4v) is 10.8. The molecule has 0 atom stereocenters. The van der Waals surface area contributed by atoms with Gasteiger partial charge in [0, 0.05) is 10.8 Å². The second kappa shape index (κ2) is 60.0. The van der Waals surface area contributed by atoms with E-state index in [0.717, 1.165) is 71.0 Å². The highest BCUT2D eigenvalue weighted by Crippen LogP contribution is 2.36. The lowest BCUT2D eigenvalue weighted by Gasteiger charge is -2.28. The first-order valence-corrected chi connectivity index (χ1v) is 39.5. The maximum absolute atomic E-state index is 5.48. The summed E-state index contributed by atoms with van der Waals surface area (Å²) < 4.78 is 45.6. The van der Waals surface area contributed by atoms with Gasteiger partial charge < -0.3 is 42.6 Å². The van der Waals surface area contributed by atoms with Gasteiger partial charge >= 0.3 is 0 Å². The molecule has 0 saturated heterocycles. The fraction of sp³-hybridized carbons (Fsp3) is 0.283. The van der Waals surface area contributed by atoms with Crippen LogP contribution in [0.2, 0.25) is 0 Å². The summed E-state index contributed by atoms with van der Waals surface area (Å²) in [6, 6.07) is 100. The highest BCUT2D eigenvalue weighted by molar-refractivity contribution is 5.48. The average Bonchev–Trinajstić information content (AvgIpc) is 0.789. The molecule has 0 radical (unpaired) electrons. The number of allylic oxidation sites excluding steroid dienone is 2. The molecule has 12 aromatic rings. The van der Waals surface area contributed by atoms with Gasteiger partial charge in [-0.15, -0.1) is 13.2 Å². The summed E-state index contributed by atoms with van der Waals surface area (Å²) in [6.45, 7) is 41.3. The molecule has 0 aliphatic heterocycles. The van der Waals surface area contributed by atoms with Gasteiger partial charge in [-0.3, -0.25) is 0 Å². The van der Waals surface area contributed by atoms with Crippen molar-refractivity contribution in [2.45, 2.75) is 141 Å². The summed E-state index contributed by atoms with van der Waals surface area (Å²) in [4.78, 5) is 0. The van der Waals surface area contributed by atoms with Gasteiger partial charge in [-0.25, -0.2) is 0 Å². The highest BCUT2D eigenvalue weighted by Gasteiger charge is 2.25. The van der Waals surface area contributed by atoms with E-state index < -0.39 is 0 Å². The van der Waals surface area contributed by atoms with Gasteiger partial charge in [0.25, 0.3) is 0 Å². The van der Waals surface area contributed by atoms with Crippen molar-refractivity contribution in [3.05, 3.63) is 400 Å². The molecule has 12 rings (SSSR count). The SMILES string of the molecule is C=CCc1cc(C(C)(C)c2ccc(OC)c(CC=C)c2)ccc1C.CC.CC.CC.COc1ccc(C(C)(C)c2ccc(C)cc2)cc1.COc1ccc(C)cc1.COc1ccc(Cc2ccc(C)cc2)cc1.COc1cccc(C)c1.COc1ccccc1.COc1ccccc1.COc1ccccc1.COc1ccccc1C. The zero-order valence-corrected chi connectivity index (χ0v) is 74.2. The quantitative estimate of drug-likeness (QED) is 0.0735. The molecule has 0 spiro atoms. The molecule has 115 heavy (non-hydrogen) atoms. The van der Waals surface area contributed by atoms with E-state index in [-0.39, 0.29) is 10.8 Å². The van der Waals surface area contributed by atoms with Crippen molar-refractivity contribution < 1.29 is 42.6 Å². The molecule has 9 heteroatoms. The number of aryl methyl sites for hydroxylation is 6. The van der Waals surface area contributed by atoms with Gasteiger partial charge in [-0.1, -0.05) is 298 Å². The third-order valence-corrected chi connectivity index (χ3v) is 17.8. The lowest BCUT2D eigenvalue weighted by Crippen LogP contribution is -2.19. The van der Waals surface area contributed by atoms with Crippen LogP contribution in [-0.2, 0) is 30.1 Å². The van der Waals surface area contributed by atoms with Crippen molar-refractivity contribution >= 4 is 0 Å². The average molecular weight is 1550 g/mol. The van der Waals surface area contributed by atoms with E-state index in [4.69, 9.17) is 42.6 Å². The molecule has 0 bridgehead atoms. The van der Waals surface area contributed by atoms with Crippen LogP contribution in [0.15, 0.2) is 323 Å². The standard InChI is InChI=1S/C23H28O.C17H20O.C15H16O.3C8H10O.3C7H8O.3C2H6/c1-7-9-18-15-20(12-11-17(18)3)23(4,5)21-13-14-22(24-6)19(16-21)10-8-2;1-13-5-7-14(8-6-13)17(2,3)15-9-11-16(18-4)12-10-15;1-12-3-5-13(6-4-12)11-14-7-9-15(16-2)10-8-14;1-7-3-5-8(9-2)6-4-7;1-7-4-3-5-8(6-7)9-2;1-7-5-3-4-6-8(7)9-2;3*1-8-7-5-3-2-4-6-7;3*1-2/h7-8,11-16H,1-2,9-10H2,3-6H3;5-12H,1-4H3;3-10H,11H2,1-2H3;3*3-6H,1-2H3;3*2-6H,1H3;3*1-2H3. The van der Waals surface area contributed by atoms with Crippen LogP contribution in [0.5, 0.6) is 51.7 Å². The topological polar surface area (TPSA) is 83.1 Å². The minimum atomic E-state index is -0.0776. The van der Waals surface area contributed by atoms with Crippen molar-refractivity contribution in [2.75, 3.05) is 64.0 Å². The van der Waals surface area contributed by atoms with Gasteiger partial charge in [0.05, 0.1) is 64.0 Å². The van der Waals surface area contributed by atoms with Crippen molar-refractivity contribution in [3.63, 3.8) is 0 Å². The van der Waals surface area contributed by atoms with E-state index in [9.17, 15) is 0 Å². The Kier molecular flexibility index (Phi) is 52.9. The lowest BCUT2D eigenvalue weighted by molar-refractivity contribution is 0.410. The van der Waals surface area contributed by atoms with Crippen molar-refractivity contribution in [1.29, 1.82) is 0 Å². The summed E-state index contributed by atoms with van der Waals surface area (Å²) in [7, 11) is 15.1. The molecular weight excluding hydrogens is 1420 g/mol. The lowest BCUT2D eigenvalue weighted by atomic mass is 9.76. The van der Waals surface area contributed by atoms with E-state index in [2.05, 4.69) is 178 Å². The van der Waals surface area contributed by atoms with E-state index in [1.807, 2.05) is 256 Å². The first kappa shape index (κ1) is 101. The predicted molar refractivity (Wildman–Crippen MR) is 494 cm³/mol. The Hall–Kier alpha value is -11.7. The maximum Gasteiger partial charge on any atom is 0.122 e. The van der Waals surface area contributed by atoms with Gasteiger partial charge in [0.1, 0.15) is 51.7 Å². The first-order valence-electron chi connectivity index (χ1n) is 39.5. The van der Waals surface area contributed by atoms with E-state index >= 15 is 0 Å². The maximum atomic E-state index is 5.48. The Morgan fingerprint density at radius 3 is 0.896 bits per heavy atom. The number of methoxy groups -OCH3 is 9. The minimum absolute atomic E-state index is 0.0139. The van der Waals surface area contributed by atoms with Gasteiger partial charge in [-0.2, -0.15) is 0 Å². The third-order valence-electron chi connectivity index (χ3n) is 17.8. The van der Waals surface area contributed by atoms with Crippen LogP contribution in [0.4, 0.5) is 0 Å². The highest BCUT2D eigenvalue weighted by atomic mass is 16.5. The second-order valence-electron chi connectivity index (χ2n) is 26.6. The smallest absolute Gasteiger partial charge is 0.122 e. The zero-order valence-electron chi connectivity index (χ0n) is 74.2. The molecule has 0 fully saturated rings. The molecule has 0 unspecified atom stereocenters. The number of ether oxygens (including phenoxy) is 9. The van der Waals surface area contributed by atoms with Crippen LogP contribution in [-0.4, -0.2) is 64.0 Å². The summed E-state index contributed by atoms with van der Waals surface area (Å²) in [6.07, 6.45) is 6.57. The van der Waals surface area contributed by atoms with Crippen LogP contribution in [0.1, 0.15) is 147 Å². The Morgan fingerprint density at radius 1 is 0.243 bits per heavy atom. The molecule has 0 heterocycles. The van der Waals surface area contributed by atoms with Gasteiger partial charge in [-0.05, 0) is 219 Å². The monoisotopic (exact) mass is 1550 g/mol. The normalized spacial score (nSPS) is 9.61. The van der Waals surface area contributed by atoms with Crippen LogP contribution in [0.25, 0.3) is 0 Å². The van der Waals surface area contributed by atoms with Crippen molar-refractivity contribution in [2.24, 2.45) is 0 Å². The number of para-hydroxylation sites is 4. The van der Waals surface area contributed by atoms with Gasteiger partial charge in [0.15, 0.2) is 0 Å². The Balaban J connectivity index is 0.000000660. The molecule has 0 aromatic heterocycles. The predicted octanol–water partition coefficient (Wildman–Crippen LogP) is 27.9. The van der Waals surface area contributed by atoms with Crippen molar-refractivity contribution in [3.8, 4) is 51.7 Å². The third kappa shape index (κ3) is 39.6. The Bertz CT molecular complexity index is 4320. The molecule has 0 aliphatic carbocycles. The number of rotatable bonds is 19. The van der Waals surface area contributed by atoms with Crippen LogP contribution in [0.3, 0.4) is 0 Å². The summed E-state index contributed by atoms with van der Waals surface area (Å²) >= 11 is 0. The van der Waals surface area contributed by atoms with Crippen LogP contribution in [0, 0.1) is 41.5 Å². The van der Waals surface area contributed by atoms with Gasteiger partial charge in [0.2, 0.25) is 0 Å². The number of benzene rings is 12. The van der Waals surface area contributed by atoms with E-state index in [1.165, 1.54) is 77.9 Å².